The van der Waals surface area contributed by atoms with Gasteiger partial charge in [-0.15, -0.1) is 0 Å². The molecule has 0 amide bonds. The lowest BCUT2D eigenvalue weighted by atomic mass is 10.6. The highest BCUT2D eigenvalue weighted by Gasteiger charge is 2.42. The third kappa shape index (κ3) is 1.30. The van der Waals surface area contributed by atoms with Gasteiger partial charge in [0.2, 0.25) is 0 Å². The monoisotopic (exact) mass is 178 g/mol. The van der Waals surface area contributed by atoms with Crippen LogP contribution in [0.2, 0.25) is 0 Å². The molecule has 0 aromatic rings. The maximum Gasteiger partial charge on any atom is 0.184 e. The summed E-state index contributed by atoms with van der Waals surface area (Å²) >= 11 is 0. The predicted octanol–water partition coefficient (Wildman–Crippen LogP) is 0.0951. The number of nitrogens with zero attached hydrogens (tertiary/aromatic N) is 3. The molecule has 1 aliphatic rings. The lowest BCUT2D eigenvalue weighted by Gasteiger charge is -2.41. The summed E-state index contributed by atoms with van der Waals surface area (Å²) < 4.78 is 5.99. The molecule has 1 radical (unpaired) electrons. The zero-order valence-corrected chi connectivity index (χ0v) is 8.54. The Labute approximate surface area is 69.0 Å². The van der Waals surface area contributed by atoms with Crippen LogP contribution in [-0.4, -0.2) is 60.2 Å². The third-order valence-electron chi connectivity index (χ3n) is 2.20. The largest absolute Gasteiger partial charge is 0.342 e. The highest BCUT2D eigenvalue weighted by atomic mass is 31.2. The molecule has 1 aliphatic heterocycles. The lowest BCUT2D eigenvalue weighted by molar-refractivity contribution is 0.378. The smallest absolute Gasteiger partial charge is 0.184 e. The van der Waals surface area contributed by atoms with Gasteiger partial charge in [-0.2, -0.15) is 0 Å². The van der Waals surface area contributed by atoms with E-state index < -0.39 is 7.94 Å². The Morgan fingerprint density at radius 1 is 1.18 bits per heavy atom. The number of likely N-dealkylation sites (N-methyl/N-ethyl adjacent to an activating group) is 2. The van der Waals surface area contributed by atoms with Gasteiger partial charge in [0.15, 0.2) is 7.94 Å². The van der Waals surface area contributed by atoms with Gasteiger partial charge in [0, 0.05) is 13.1 Å². The Hall–Kier alpha value is 0.270. The standard InChI is InChI=1S/C6H17N3OP/c1-7(2)11(10)8(3)5-6-9(11)4/h10H,5-6H2,1-4H3. The predicted molar refractivity (Wildman–Crippen MR) is 48.1 cm³/mol. The number of rotatable bonds is 1. The van der Waals surface area contributed by atoms with E-state index in [-0.39, 0.29) is 0 Å². The van der Waals surface area contributed by atoms with Gasteiger partial charge < -0.3 is 4.89 Å². The van der Waals surface area contributed by atoms with Crippen molar-refractivity contribution in [2.45, 2.75) is 0 Å². The first kappa shape index (κ1) is 9.36. The minimum Gasteiger partial charge on any atom is -0.342 e. The van der Waals surface area contributed by atoms with Crippen molar-refractivity contribution in [2.75, 3.05) is 41.3 Å². The SMILES string of the molecule is CN(C)[P]1(O)N(C)CCN1C. The van der Waals surface area contributed by atoms with Crippen LogP contribution in [0.15, 0.2) is 0 Å². The Kier molecular flexibility index (Phi) is 2.52. The van der Waals surface area contributed by atoms with Gasteiger partial charge in [-0.05, 0) is 28.2 Å². The molecule has 1 heterocycles. The van der Waals surface area contributed by atoms with Gasteiger partial charge >= 0.3 is 0 Å². The van der Waals surface area contributed by atoms with Gasteiger partial charge in [0.05, 0.1) is 0 Å². The van der Waals surface area contributed by atoms with Crippen LogP contribution in [0.25, 0.3) is 0 Å². The van der Waals surface area contributed by atoms with Crippen LogP contribution in [-0.2, 0) is 0 Å². The first-order valence-electron chi connectivity index (χ1n) is 3.72. The van der Waals surface area contributed by atoms with E-state index in [0.717, 1.165) is 13.1 Å². The molecule has 0 spiro atoms. The Morgan fingerprint density at radius 3 is 1.73 bits per heavy atom. The van der Waals surface area contributed by atoms with Crippen LogP contribution < -0.4 is 0 Å². The zero-order chi connectivity index (χ0) is 8.65. The van der Waals surface area contributed by atoms with E-state index in [1.807, 2.05) is 42.2 Å². The topological polar surface area (TPSA) is 30.0 Å². The average molecular weight is 178 g/mol. The molecule has 67 valence electrons. The Morgan fingerprint density at radius 2 is 1.55 bits per heavy atom. The molecule has 0 saturated carbocycles. The molecule has 1 fully saturated rings. The van der Waals surface area contributed by atoms with E-state index in [4.69, 9.17) is 0 Å². The minimum atomic E-state index is -2.07. The van der Waals surface area contributed by atoms with Gasteiger partial charge in [0.1, 0.15) is 0 Å². The fourth-order valence-electron chi connectivity index (χ4n) is 1.43. The summed E-state index contributed by atoms with van der Waals surface area (Å²) in [5.41, 5.74) is 0. The van der Waals surface area contributed by atoms with Crippen molar-refractivity contribution >= 4 is 7.94 Å². The van der Waals surface area contributed by atoms with Crippen LogP contribution in [0.1, 0.15) is 0 Å². The maximum atomic E-state index is 10.2. The van der Waals surface area contributed by atoms with E-state index >= 15 is 0 Å². The van der Waals surface area contributed by atoms with Gasteiger partial charge in [-0.1, -0.05) is 0 Å². The summed E-state index contributed by atoms with van der Waals surface area (Å²) in [5, 5.41) is 0. The van der Waals surface area contributed by atoms with Crippen molar-refractivity contribution in [2.24, 2.45) is 0 Å². The van der Waals surface area contributed by atoms with Gasteiger partial charge in [0.25, 0.3) is 0 Å². The van der Waals surface area contributed by atoms with Crippen molar-refractivity contribution in [1.82, 2.24) is 14.0 Å². The van der Waals surface area contributed by atoms with E-state index in [1.54, 1.807) is 0 Å². The van der Waals surface area contributed by atoms with Crippen molar-refractivity contribution in [3.8, 4) is 0 Å². The Balaban J connectivity index is 2.80. The molecule has 0 aromatic carbocycles. The van der Waals surface area contributed by atoms with E-state index in [9.17, 15) is 4.89 Å². The lowest BCUT2D eigenvalue weighted by Crippen LogP contribution is -2.30. The third-order valence-corrected chi connectivity index (χ3v) is 5.51. The van der Waals surface area contributed by atoms with E-state index in [1.165, 1.54) is 0 Å². The first-order chi connectivity index (χ1) is 4.99. The molecule has 1 saturated heterocycles. The first-order valence-corrected chi connectivity index (χ1v) is 5.32. The Bertz CT molecular complexity index is 143. The maximum absolute atomic E-state index is 10.2. The fourth-order valence-corrected chi connectivity index (χ4v) is 3.89. The number of hydrogen-bond donors (Lipinski definition) is 1. The highest BCUT2D eigenvalue weighted by molar-refractivity contribution is 7.63. The zero-order valence-electron chi connectivity index (χ0n) is 7.65. The molecule has 1 N–H and O–H groups in total. The minimum absolute atomic E-state index is 0.957. The summed E-state index contributed by atoms with van der Waals surface area (Å²) in [4.78, 5) is 10.2. The van der Waals surface area contributed by atoms with Crippen molar-refractivity contribution < 1.29 is 4.89 Å². The summed E-state index contributed by atoms with van der Waals surface area (Å²) in [6, 6.07) is 0. The molecule has 4 nitrogen and oxygen atoms in total. The van der Waals surface area contributed by atoms with Crippen molar-refractivity contribution in [3.63, 3.8) is 0 Å². The number of hydrogen-bond acceptors (Lipinski definition) is 4. The van der Waals surface area contributed by atoms with Crippen LogP contribution in [0.5, 0.6) is 0 Å². The van der Waals surface area contributed by atoms with Crippen LogP contribution in [0.4, 0.5) is 0 Å². The van der Waals surface area contributed by atoms with E-state index in [0.29, 0.717) is 0 Å². The summed E-state index contributed by atoms with van der Waals surface area (Å²) in [6.07, 6.45) is 0. The van der Waals surface area contributed by atoms with Crippen LogP contribution >= 0.6 is 7.94 Å². The summed E-state index contributed by atoms with van der Waals surface area (Å²) in [7, 11) is 5.71. The van der Waals surface area contributed by atoms with Gasteiger partial charge in [-0.3, -0.25) is 0 Å². The summed E-state index contributed by atoms with van der Waals surface area (Å²) in [5.74, 6) is 0. The second kappa shape index (κ2) is 2.96. The van der Waals surface area contributed by atoms with E-state index in [2.05, 4.69) is 0 Å². The van der Waals surface area contributed by atoms with Crippen LogP contribution in [0, 0.1) is 0 Å². The molecule has 0 aliphatic carbocycles. The molecule has 0 bridgehead atoms. The van der Waals surface area contributed by atoms with Gasteiger partial charge in [-0.25, -0.2) is 14.0 Å². The molecular formula is C6H17N3OP. The second-order valence-electron chi connectivity index (χ2n) is 3.15. The molecule has 0 aromatic heterocycles. The normalized spacial score (nSPS) is 26.7. The molecule has 1 rings (SSSR count). The molecule has 5 heteroatoms. The quantitative estimate of drug-likeness (QED) is 0.577. The molecule has 0 unspecified atom stereocenters. The van der Waals surface area contributed by atoms with Crippen molar-refractivity contribution in [1.29, 1.82) is 0 Å². The highest BCUT2D eigenvalue weighted by Crippen LogP contribution is 2.63. The molecule has 0 atom stereocenters. The van der Waals surface area contributed by atoms with Crippen molar-refractivity contribution in [3.05, 3.63) is 0 Å². The fraction of sp³-hybridized carbons (Fsp3) is 1.00. The second-order valence-corrected chi connectivity index (χ2v) is 6.39. The average Bonchev–Trinajstić information content (AvgIpc) is 2.18. The van der Waals surface area contributed by atoms with Crippen LogP contribution in [0.3, 0.4) is 0 Å². The molecule has 11 heavy (non-hydrogen) atoms. The summed E-state index contributed by atoms with van der Waals surface area (Å²) in [6.45, 7) is 1.91. The molecular weight excluding hydrogens is 161 g/mol.